The van der Waals surface area contributed by atoms with Gasteiger partial charge in [0.05, 0.1) is 4.90 Å². The molecule has 0 atom stereocenters. The van der Waals surface area contributed by atoms with E-state index in [0.717, 1.165) is 0 Å². The van der Waals surface area contributed by atoms with Gasteiger partial charge in [-0.15, -0.1) is 0 Å². The molecule has 94 valence electrons. The van der Waals surface area contributed by atoms with Gasteiger partial charge in [0.2, 0.25) is 0 Å². The maximum Gasteiger partial charge on any atom is 0.196 e. The van der Waals surface area contributed by atoms with Crippen molar-refractivity contribution >= 4 is 9.84 Å². The highest BCUT2D eigenvalue weighted by molar-refractivity contribution is 7.92. The minimum atomic E-state index is -3.57. The lowest BCUT2D eigenvalue weighted by molar-refractivity contribution is 0.171. The maximum atomic E-state index is 12.1. The molecule has 6 heteroatoms. The molecule has 0 fully saturated rings. The van der Waals surface area contributed by atoms with E-state index in [1.54, 1.807) is 6.07 Å². The number of sulfone groups is 1. The Bertz CT molecular complexity index is 531. The fraction of sp³-hybridized carbons (Fsp3) is 0.455. The summed E-state index contributed by atoms with van der Waals surface area (Å²) in [6.45, 7) is 3.81. The highest BCUT2D eigenvalue weighted by Gasteiger charge is 2.32. The Kier molecular flexibility index (Phi) is 2.79. The van der Waals surface area contributed by atoms with Gasteiger partial charge in [0, 0.05) is 6.07 Å². The molecular formula is C11H15NO4S. The van der Waals surface area contributed by atoms with Crippen LogP contribution in [-0.2, 0) is 9.84 Å². The van der Waals surface area contributed by atoms with Crippen molar-refractivity contribution in [2.24, 2.45) is 5.73 Å². The summed E-state index contributed by atoms with van der Waals surface area (Å²) in [4.78, 5) is -1.18. The first-order valence-electron chi connectivity index (χ1n) is 5.25. The van der Waals surface area contributed by atoms with E-state index < -0.39 is 14.7 Å². The van der Waals surface area contributed by atoms with Crippen LogP contribution in [0.1, 0.15) is 13.8 Å². The van der Waals surface area contributed by atoms with E-state index in [9.17, 15) is 8.42 Å². The van der Waals surface area contributed by atoms with Gasteiger partial charge < -0.3 is 15.2 Å². The summed E-state index contributed by atoms with van der Waals surface area (Å²) in [5.41, 5.74) is 5.66. The van der Waals surface area contributed by atoms with Crippen molar-refractivity contribution in [2.75, 3.05) is 13.2 Å². The minimum Gasteiger partial charge on any atom is -0.486 e. The molecule has 0 saturated heterocycles. The number of ether oxygens (including phenoxy) is 2. The third-order valence-electron chi connectivity index (χ3n) is 2.52. The van der Waals surface area contributed by atoms with Gasteiger partial charge in [-0.2, -0.15) is 0 Å². The monoisotopic (exact) mass is 257 g/mol. The summed E-state index contributed by atoms with van der Waals surface area (Å²) in [5.74, 6) is 1.01. The normalized spacial score (nSPS) is 15.7. The standard InChI is InChI=1S/C11H15NO4S/c1-11(2,12)17(13,14)8-3-4-9-10(7-8)16-6-5-15-9/h3-4,7H,5-6,12H2,1-2H3. The third-order valence-corrected chi connectivity index (χ3v) is 4.78. The van der Waals surface area contributed by atoms with Crippen LogP contribution >= 0.6 is 0 Å². The highest BCUT2D eigenvalue weighted by Crippen LogP contribution is 2.34. The molecule has 0 aromatic heterocycles. The zero-order chi connectivity index (χ0) is 12.7. The Morgan fingerprint density at radius 3 is 2.35 bits per heavy atom. The average molecular weight is 257 g/mol. The molecule has 5 nitrogen and oxygen atoms in total. The molecule has 1 aromatic rings. The van der Waals surface area contributed by atoms with Gasteiger partial charge in [-0.25, -0.2) is 8.42 Å². The molecule has 2 N–H and O–H groups in total. The molecule has 1 aliphatic rings. The topological polar surface area (TPSA) is 78.6 Å². The Hall–Kier alpha value is -1.27. The van der Waals surface area contributed by atoms with E-state index in [4.69, 9.17) is 15.2 Å². The smallest absolute Gasteiger partial charge is 0.196 e. The first-order valence-corrected chi connectivity index (χ1v) is 6.74. The van der Waals surface area contributed by atoms with Gasteiger partial charge in [0.25, 0.3) is 0 Å². The fourth-order valence-corrected chi connectivity index (χ4v) is 2.61. The van der Waals surface area contributed by atoms with Crippen LogP contribution in [0.3, 0.4) is 0 Å². The SMILES string of the molecule is CC(C)(N)S(=O)(=O)c1ccc2c(c1)OCCO2. The van der Waals surface area contributed by atoms with E-state index in [-0.39, 0.29) is 4.90 Å². The van der Waals surface area contributed by atoms with E-state index in [1.165, 1.54) is 26.0 Å². The number of nitrogens with two attached hydrogens (primary N) is 1. The third kappa shape index (κ3) is 2.10. The molecule has 0 amide bonds. The first-order chi connectivity index (χ1) is 7.82. The predicted molar refractivity (Wildman–Crippen MR) is 62.9 cm³/mol. The minimum absolute atomic E-state index is 0.147. The molecule has 0 bridgehead atoms. The largest absolute Gasteiger partial charge is 0.486 e. The molecule has 1 aromatic carbocycles. The summed E-state index contributed by atoms with van der Waals surface area (Å²) < 4.78 is 34.9. The Labute approximate surface area is 100 Å². The molecule has 2 rings (SSSR count). The fourth-order valence-electron chi connectivity index (χ4n) is 1.49. The van der Waals surface area contributed by atoms with Crippen LogP contribution in [0.25, 0.3) is 0 Å². The molecule has 1 heterocycles. The van der Waals surface area contributed by atoms with Crippen molar-refractivity contribution < 1.29 is 17.9 Å². The zero-order valence-corrected chi connectivity index (χ0v) is 10.6. The Morgan fingerprint density at radius 2 is 1.76 bits per heavy atom. The number of rotatable bonds is 2. The predicted octanol–water partition coefficient (Wildman–Crippen LogP) is 0.926. The molecule has 0 radical (unpaired) electrons. The van der Waals surface area contributed by atoms with Gasteiger partial charge in [0.15, 0.2) is 21.3 Å². The molecule has 17 heavy (non-hydrogen) atoms. The zero-order valence-electron chi connectivity index (χ0n) is 9.76. The van der Waals surface area contributed by atoms with Crippen LogP contribution in [-0.4, -0.2) is 26.5 Å². The first kappa shape index (κ1) is 12.2. The van der Waals surface area contributed by atoms with Gasteiger partial charge in [-0.1, -0.05) is 0 Å². The van der Waals surface area contributed by atoms with Crippen molar-refractivity contribution in [3.63, 3.8) is 0 Å². The highest BCUT2D eigenvalue weighted by atomic mass is 32.2. The second-order valence-corrected chi connectivity index (χ2v) is 6.94. The Morgan fingerprint density at radius 1 is 1.18 bits per heavy atom. The molecule has 0 saturated carbocycles. The van der Waals surface area contributed by atoms with Crippen LogP contribution in [0.15, 0.2) is 23.1 Å². The lowest BCUT2D eigenvalue weighted by Gasteiger charge is -2.22. The quantitative estimate of drug-likeness (QED) is 0.852. The van der Waals surface area contributed by atoms with Crippen LogP contribution in [0.5, 0.6) is 11.5 Å². The van der Waals surface area contributed by atoms with Crippen molar-refractivity contribution in [1.29, 1.82) is 0 Å². The summed E-state index contributed by atoms with van der Waals surface area (Å²) in [5, 5.41) is 0. The summed E-state index contributed by atoms with van der Waals surface area (Å²) in [7, 11) is -3.57. The van der Waals surface area contributed by atoms with Crippen LogP contribution in [0.2, 0.25) is 0 Å². The van der Waals surface area contributed by atoms with Gasteiger partial charge in [-0.3, -0.25) is 0 Å². The van der Waals surface area contributed by atoms with Crippen molar-refractivity contribution in [3.8, 4) is 11.5 Å². The van der Waals surface area contributed by atoms with Gasteiger partial charge in [0.1, 0.15) is 18.1 Å². The van der Waals surface area contributed by atoms with Gasteiger partial charge in [-0.05, 0) is 26.0 Å². The van der Waals surface area contributed by atoms with Crippen molar-refractivity contribution in [2.45, 2.75) is 23.6 Å². The summed E-state index contributed by atoms with van der Waals surface area (Å²) >= 11 is 0. The lowest BCUT2D eigenvalue weighted by atomic mass is 10.3. The lowest BCUT2D eigenvalue weighted by Crippen LogP contribution is -2.41. The molecule has 1 aliphatic heterocycles. The maximum absolute atomic E-state index is 12.1. The average Bonchev–Trinajstić information content (AvgIpc) is 2.27. The van der Waals surface area contributed by atoms with E-state index in [2.05, 4.69) is 0 Å². The summed E-state index contributed by atoms with van der Waals surface area (Å²) in [6.07, 6.45) is 0. The van der Waals surface area contributed by atoms with Crippen molar-refractivity contribution in [1.82, 2.24) is 0 Å². The van der Waals surface area contributed by atoms with Crippen molar-refractivity contribution in [3.05, 3.63) is 18.2 Å². The van der Waals surface area contributed by atoms with Gasteiger partial charge >= 0.3 is 0 Å². The van der Waals surface area contributed by atoms with E-state index in [0.29, 0.717) is 24.7 Å². The van der Waals surface area contributed by atoms with E-state index in [1.807, 2.05) is 0 Å². The number of hydrogen-bond donors (Lipinski definition) is 1. The second-order valence-electron chi connectivity index (χ2n) is 4.41. The summed E-state index contributed by atoms with van der Waals surface area (Å²) in [6, 6.07) is 4.53. The Balaban J connectivity index is 2.48. The molecule has 0 spiro atoms. The van der Waals surface area contributed by atoms with Crippen LogP contribution < -0.4 is 15.2 Å². The van der Waals surface area contributed by atoms with E-state index >= 15 is 0 Å². The van der Waals surface area contributed by atoms with Crippen LogP contribution in [0, 0.1) is 0 Å². The molecule has 0 unspecified atom stereocenters. The number of hydrogen-bond acceptors (Lipinski definition) is 5. The number of benzene rings is 1. The molecular weight excluding hydrogens is 242 g/mol. The second kappa shape index (κ2) is 3.89. The number of fused-ring (bicyclic) bond motifs is 1. The molecule has 0 aliphatic carbocycles. The van der Waals surface area contributed by atoms with Crippen LogP contribution in [0.4, 0.5) is 0 Å².